The number of rotatable bonds is 12. The fraction of sp³-hybridized carbons (Fsp3) is 0.800. The lowest BCUT2D eigenvalue weighted by molar-refractivity contribution is -0.140. The van der Waals surface area contributed by atoms with Crippen LogP contribution in [0.15, 0.2) is 24.3 Å². The van der Waals surface area contributed by atoms with Crippen molar-refractivity contribution in [3.8, 4) is 5.75 Å². The number of carbonyl (C=O) groups is 1. The normalized spacial score (nSPS) is 30.6. The third-order valence-corrected chi connectivity index (χ3v) is 10.5. The molecule has 3 aliphatic rings. The summed E-state index contributed by atoms with van der Waals surface area (Å²) in [6, 6.07) is 8.41. The molecular weight excluding hydrogens is 452 g/mol. The average molecular weight is 509 g/mol. The molecule has 0 saturated heterocycles. The lowest BCUT2D eigenvalue weighted by atomic mass is 9.68. The van der Waals surface area contributed by atoms with Crippen molar-refractivity contribution in [2.75, 3.05) is 0 Å². The maximum absolute atomic E-state index is 12.6. The first-order chi connectivity index (χ1) is 18.1. The van der Waals surface area contributed by atoms with Crippen molar-refractivity contribution in [2.45, 2.75) is 142 Å². The molecule has 37 heavy (non-hydrogen) atoms. The fourth-order valence-corrected chi connectivity index (χ4v) is 7.97. The largest absolute Gasteiger partial charge is 0.426 e. The second-order valence-corrected chi connectivity index (χ2v) is 13.2. The first-order valence-corrected chi connectivity index (χ1v) is 16.4. The molecule has 2 nitrogen and oxygen atoms in total. The van der Waals surface area contributed by atoms with Gasteiger partial charge in [0.05, 0.1) is 5.92 Å². The van der Waals surface area contributed by atoms with Crippen LogP contribution in [0.1, 0.15) is 141 Å². The highest BCUT2D eigenvalue weighted by atomic mass is 16.5. The Balaban J connectivity index is 1.10. The highest BCUT2D eigenvalue weighted by Gasteiger charge is 2.31. The summed E-state index contributed by atoms with van der Waals surface area (Å²) in [5, 5.41) is 0. The molecule has 0 unspecified atom stereocenters. The highest BCUT2D eigenvalue weighted by Crippen LogP contribution is 2.43. The molecule has 0 bridgehead atoms. The number of aryl methyl sites for hydroxylation is 1. The van der Waals surface area contributed by atoms with E-state index in [1.165, 1.54) is 115 Å². The summed E-state index contributed by atoms with van der Waals surface area (Å²) in [7, 11) is 0. The van der Waals surface area contributed by atoms with Crippen molar-refractivity contribution in [3.63, 3.8) is 0 Å². The van der Waals surface area contributed by atoms with Crippen molar-refractivity contribution < 1.29 is 9.53 Å². The van der Waals surface area contributed by atoms with E-state index in [1.807, 2.05) is 12.1 Å². The molecule has 2 heteroatoms. The summed E-state index contributed by atoms with van der Waals surface area (Å²) < 4.78 is 5.76. The predicted octanol–water partition coefficient (Wildman–Crippen LogP) is 10.3. The number of hydrogen-bond donors (Lipinski definition) is 0. The second-order valence-electron chi connectivity index (χ2n) is 13.2. The Morgan fingerprint density at radius 1 is 0.649 bits per heavy atom. The Bertz CT molecular complexity index is 759. The van der Waals surface area contributed by atoms with Gasteiger partial charge in [0, 0.05) is 0 Å². The van der Waals surface area contributed by atoms with Crippen molar-refractivity contribution in [1.82, 2.24) is 0 Å². The first-order valence-electron chi connectivity index (χ1n) is 16.4. The van der Waals surface area contributed by atoms with E-state index in [2.05, 4.69) is 26.0 Å². The van der Waals surface area contributed by atoms with Crippen LogP contribution in [-0.4, -0.2) is 5.97 Å². The average Bonchev–Trinajstić information content (AvgIpc) is 2.94. The van der Waals surface area contributed by atoms with E-state index in [-0.39, 0.29) is 11.9 Å². The highest BCUT2D eigenvalue weighted by molar-refractivity contribution is 5.75. The van der Waals surface area contributed by atoms with E-state index in [0.717, 1.165) is 54.6 Å². The molecular formula is C35H56O2. The van der Waals surface area contributed by atoms with E-state index in [4.69, 9.17) is 4.74 Å². The Morgan fingerprint density at radius 3 is 1.76 bits per heavy atom. The predicted molar refractivity (Wildman–Crippen MR) is 156 cm³/mol. The maximum atomic E-state index is 12.6. The zero-order chi connectivity index (χ0) is 25.9. The quantitative estimate of drug-likeness (QED) is 0.159. The van der Waals surface area contributed by atoms with Crippen LogP contribution >= 0.6 is 0 Å². The van der Waals surface area contributed by atoms with Crippen LogP contribution in [0.5, 0.6) is 5.75 Å². The van der Waals surface area contributed by atoms with Gasteiger partial charge in [-0.1, -0.05) is 90.2 Å². The van der Waals surface area contributed by atoms with Gasteiger partial charge in [0.1, 0.15) is 5.75 Å². The zero-order valence-corrected chi connectivity index (χ0v) is 24.2. The van der Waals surface area contributed by atoms with Crippen LogP contribution in [0, 0.1) is 35.5 Å². The van der Waals surface area contributed by atoms with Crippen LogP contribution in [0.4, 0.5) is 0 Å². The lowest BCUT2D eigenvalue weighted by Crippen LogP contribution is -2.26. The lowest BCUT2D eigenvalue weighted by Gasteiger charge is -2.38. The van der Waals surface area contributed by atoms with Gasteiger partial charge in [-0.25, -0.2) is 0 Å². The minimum absolute atomic E-state index is 0.00978. The smallest absolute Gasteiger partial charge is 0.314 e. The van der Waals surface area contributed by atoms with Crippen LogP contribution < -0.4 is 4.74 Å². The molecule has 0 spiro atoms. The molecule has 0 atom stereocenters. The SMILES string of the molecule is CCCCCC1CCC(C2CCC(CCc3ccc(OC(=O)C4CCC(CCC)CC4)cc3)CC2)CC1. The fourth-order valence-electron chi connectivity index (χ4n) is 7.97. The van der Waals surface area contributed by atoms with E-state index in [0.29, 0.717) is 0 Å². The van der Waals surface area contributed by atoms with Gasteiger partial charge in [-0.05, 0) is 111 Å². The van der Waals surface area contributed by atoms with Crippen LogP contribution in [-0.2, 0) is 11.2 Å². The van der Waals surface area contributed by atoms with Crippen molar-refractivity contribution in [3.05, 3.63) is 29.8 Å². The van der Waals surface area contributed by atoms with Crippen LogP contribution in [0.25, 0.3) is 0 Å². The van der Waals surface area contributed by atoms with Gasteiger partial charge in [0.25, 0.3) is 0 Å². The number of hydrogen-bond acceptors (Lipinski definition) is 2. The number of ether oxygens (including phenoxy) is 1. The maximum Gasteiger partial charge on any atom is 0.314 e. The molecule has 3 fully saturated rings. The molecule has 4 rings (SSSR count). The molecule has 0 N–H and O–H groups in total. The molecule has 0 radical (unpaired) electrons. The van der Waals surface area contributed by atoms with Crippen LogP contribution in [0.3, 0.4) is 0 Å². The summed E-state index contributed by atoms with van der Waals surface area (Å²) >= 11 is 0. The molecule has 0 amide bonds. The van der Waals surface area contributed by atoms with E-state index < -0.39 is 0 Å². The zero-order valence-electron chi connectivity index (χ0n) is 24.2. The summed E-state index contributed by atoms with van der Waals surface area (Å²) in [6.45, 7) is 4.58. The van der Waals surface area contributed by atoms with Gasteiger partial charge in [0.2, 0.25) is 0 Å². The van der Waals surface area contributed by atoms with Gasteiger partial charge in [0.15, 0.2) is 0 Å². The van der Waals surface area contributed by atoms with Gasteiger partial charge in [-0.2, -0.15) is 0 Å². The van der Waals surface area contributed by atoms with E-state index in [9.17, 15) is 4.79 Å². The van der Waals surface area contributed by atoms with Crippen molar-refractivity contribution >= 4 is 5.97 Å². The molecule has 0 aromatic heterocycles. The second kappa shape index (κ2) is 15.3. The van der Waals surface area contributed by atoms with Gasteiger partial charge < -0.3 is 4.74 Å². The number of carbonyl (C=O) groups excluding carboxylic acids is 1. The molecule has 0 heterocycles. The van der Waals surface area contributed by atoms with Gasteiger partial charge >= 0.3 is 5.97 Å². The Labute approximate surface area is 228 Å². The van der Waals surface area contributed by atoms with Crippen molar-refractivity contribution in [2.24, 2.45) is 35.5 Å². The number of unbranched alkanes of at least 4 members (excludes halogenated alkanes) is 2. The molecule has 1 aromatic carbocycles. The molecule has 0 aliphatic heterocycles. The summed E-state index contributed by atoms with van der Waals surface area (Å²) in [6.07, 6.45) is 27.1. The van der Waals surface area contributed by atoms with Gasteiger partial charge in [-0.3, -0.25) is 4.79 Å². The standard InChI is InChI=1S/C35H56O2/c1-3-5-6-8-28-11-19-31(20-12-28)32-21-13-29(14-22-32)9-10-30-17-25-34(26-18-30)37-35(36)33-23-15-27(7-4-2)16-24-33/h17-18,25-29,31-33H,3-16,19-24H2,1-2H3. The number of benzene rings is 1. The molecule has 3 saturated carbocycles. The topological polar surface area (TPSA) is 26.3 Å². The molecule has 1 aromatic rings. The van der Waals surface area contributed by atoms with E-state index >= 15 is 0 Å². The monoisotopic (exact) mass is 508 g/mol. The number of esters is 1. The summed E-state index contributed by atoms with van der Waals surface area (Å²) in [5.41, 5.74) is 1.39. The molecule has 208 valence electrons. The third kappa shape index (κ3) is 9.14. The summed E-state index contributed by atoms with van der Waals surface area (Å²) in [5.74, 6) is 5.64. The summed E-state index contributed by atoms with van der Waals surface area (Å²) in [4.78, 5) is 12.6. The first kappa shape index (κ1) is 28.7. The Kier molecular flexibility index (Phi) is 11.9. The van der Waals surface area contributed by atoms with Crippen molar-refractivity contribution in [1.29, 1.82) is 0 Å². The minimum Gasteiger partial charge on any atom is -0.426 e. The van der Waals surface area contributed by atoms with Crippen LogP contribution in [0.2, 0.25) is 0 Å². The minimum atomic E-state index is -0.00978. The van der Waals surface area contributed by atoms with E-state index in [1.54, 1.807) is 0 Å². The Morgan fingerprint density at radius 2 is 1.19 bits per heavy atom. The molecule has 3 aliphatic carbocycles. The van der Waals surface area contributed by atoms with Gasteiger partial charge in [-0.15, -0.1) is 0 Å². The third-order valence-electron chi connectivity index (χ3n) is 10.5. The Hall–Kier alpha value is -1.31.